The first-order valence-corrected chi connectivity index (χ1v) is 11.1. The second-order valence-corrected chi connectivity index (χ2v) is 8.98. The minimum atomic E-state index is -0.647. The number of nitrogens with one attached hydrogen (secondary N) is 1. The highest BCUT2D eigenvalue weighted by atomic mass is 19.1. The summed E-state index contributed by atoms with van der Waals surface area (Å²) in [6, 6.07) is 16.1. The lowest BCUT2D eigenvalue weighted by Gasteiger charge is -2.36. The Morgan fingerprint density at radius 2 is 1.81 bits per heavy atom. The van der Waals surface area contributed by atoms with Crippen molar-refractivity contribution in [1.29, 1.82) is 0 Å². The molecule has 0 aromatic heterocycles. The van der Waals surface area contributed by atoms with E-state index in [1.165, 1.54) is 12.1 Å². The van der Waals surface area contributed by atoms with Crippen molar-refractivity contribution in [2.24, 2.45) is 5.92 Å². The lowest BCUT2D eigenvalue weighted by molar-refractivity contribution is -0.140. The van der Waals surface area contributed by atoms with Gasteiger partial charge in [-0.05, 0) is 48.4 Å². The molecule has 5 heteroatoms. The molecule has 2 aliphatic rings. The van der Waals surface area contributed by atoms with E-state index in [0.717, 1.165) is 11.3 Å². The van der Waals surface area contributed by atoms with E-state index in [0.29, 0.717) is 35.2 Å². The number of esters is 1. The van der Waals surface area contributed by atoms with Crippen LogP contribution >= 0.6 is 0 Å². The Bertz CT molecular complexity index is 1100. The number of dihydropyridines is 1. The molecule has 166 valence electrons. The largest absolute Gasteiger partial charge is 0.462 e. The fraction of sp³-hybridized carbons (Fsp3) is 0.333. The van der Waals surface area contributed by atoms with Crippen molar-refractivity contribution in [3.8, 4) is 0 Å². The van der Waals surface area contributed by atoms with Crippen LogP contribution in [0, 0.1) is 11.7 Å². The Kier molecular flexibility index (Phi) is 6.26. The lowest BCUT2D eigenvalue weighted by atomic mass is 9.71. The highest BCUT2D eigenvalue weighted by Crippen LogP contribution is 2.45. The number of hydrogen-bond donors (Lipinski definition) is 1. The summed E-state index contributed by atoms with van der Waals surface area (Å²) >= 11 is 0. The van der Waals surface area contributed by atoms with Crippen molar-refractivity contribution >= 4 is 11.8 Å². The number of rotatable bonds is 5. The molecule has 0 amide bonds. The summed E-state index contributed by atoms with van der Waals surface area (Å²) in [5.41, 5.74) is 4.07. The Labute approximate surface area is 188 Å². The standard InChI is InChI=1S/C27H28FNO3/c1-16(2)15-32-27(31)24-17(3)29-22-13-20(18-8-5-4-6-9-18)14-23(30)26(22)25(24)19-10-7-11-21(28)12-19/h4-12,16,20,25,29H,13-15H2,1-3H3. The van der Waals surface area contributed by atoms with E-state index >= 15 is 0 Å². The number of ketones is 1. The van der Waals surface area contributed by atoms with Crippen LogP contribution in [-0.4, -0.2) is 18.4 Å². The van der Waals surface area contributed by atoms with Crippen molar-refractivity contribution in [2.75, 3.05) is 6.61 Å². The molecule has 2 atom stereocenters. The van der Waals surface area contributed by atoms with Crippen LogP contribution in [0.1, 0.15) is 56.6 Å². The maximum atomic E-state index is 14.2. The van der Waals surface area contributed by atoms with Crippen molar-refractivity contribution in [2.45, 2.75) is 45.4 Å². The Hall–Kier alpha value is -3.21. The highest BCUT2D eigenvalue weighted by molar-refractivity contribution is 6.04. The predicted octanol–water partition coefficient (Wildman–Crippen LogP) is 5.39. The Balaban J connectivity index is 1.77. The summed E-state index contributed by atoms with van der Waals surface area (Å²) in [4.78, 5) is 26.6. The van der Waals surface area contributed by atoms with Crippen LogP contribution in [0.3, 0.4) is 0 Å². The van der Waals surface area contributed by atoms with E-state index in [-0.39, 0.29) is 24.2 Å². The molecule has 0 fully saturated rings. The van der Waals surface area contributed by atoms with E-state index in [1.54, 1.807) is 12.1 Å². The van der Waals surface area contributed by atoms with Gasteiger partial charge in [-0.15, -0.1) is 0 Å². The number of halogens is 1. The third kappa shape index (κ3) is 4.38. The third-order valence-corrected chi connectivity index (χ3v) is 6.05. The Morgan fingerprint density at radius 3 is 2.50 bits per heavy atom. The smallest absolute Gasteiger partial charge is 0.336 e. The molecule has 4 rings (SSSR count). The van der Waals surface area contributed by atoms with Crippen LogP contribution < -0.4 is 5.32 Å². The highest BCUT2D eigenvalue weighted by Gasteiger charge is 2.41. The molecule has 1 aliphatic carbocycles. The van der Waals surface area contributed by atoms with Crippen LogP contribution in [0.2, 0.25) is 0 Å². The van der Waals surface area contributed by atoms with Gasteiger partial charge in [0.15, 0.2) is 5.78 Å². The van der Waals surface area contributed by atoms with Crippen molar-refractivity contribution in [3.05, 3.63) is 94.1 Å². The van der Waals surface area contributed by atoms with E-state index in [4.69, 9.17) is 4.74 Å². The monoisotopic (exact) mass is 433 g/mol. The number of carbonyl (C=O) groups is 2. The maximum absolute atomic E-state index is 14.2. The first-order chi connectivity index (χ1) is 15.3. The molecule has 0 spiro atoms. The van der Waals surface area contributed by atoms with E-state index in [9.17, 15) is 14.0 Å². The molecule has 0 saturated heterocycles. The lowest BCUT2D eigenvalue weighted by Crippen LogP contribution is -2.36. The fourth-order valence-electron chi connectivity index (χ4n) is 4.61. The molecule has 2 aromatic carbocycles. The molecule has 1 heterocycles. The maximum Gasteiger partial charge on any atom is 0.336 e. The van der Waals surface area contributed by atoms with Gasteiger partial charge in [0.1, 0.15) is 5.82 Å². The molecule has 4 nitrogen and oxygen atoms in total. The van der Waals surface area contributed by atoms with Crippen LogP contribution in [0.5, 0.6) is 0 Å². The molecular formula is C27H28FNO3. The first-order valence-electron chi connectivity index (χ1n) is 11.1. The molecule has 0 bridgehead atoms. The number of ether oxygens (including phenoxy) is 1. The van der Waals surface area contributed by atoms with Gasteiger partial charge < -0.3 is 10.1 Å². The number of allylic oxidation sites excluding steroid dienone is 3. The number of hydrogen-bond acceptors (Lipinski definition) is 4. The minimum absolute atomic E-state index is 0.0245. The topological polar surface area (TPSA) is 55.4 Å². The van der Waals surface area contributed by atoms with Crippen LogP contribution in [0.4, 0.5) is 4.39 Å². The molecule has 32 heavy (non-hydrogen) atoms. The zero-order valence-corrected chi connectivity index (χ0v) is 18.7. The van der Waals surface area contributed by atoms with Crippen molar-refractivity contribution in [1.82, 2.24) is 5.32 Å². The third-order valence-electron chi connectivity index (χ3n) is 6.05. The summed E-state index contributed by atoms with van der Waals surface area (Å²) in [6.07, 6.45) is 1.01. The second-order valence-electron chi connectivity index (χ2n) is 8.98. The average Bonchev–Trinajstić information content (AvgIpc) is 2.77. The van der Waals surface area contributed by atoms with Gasteiger partial charge in [-0.1, -0.05) is 56.3 Å². The predicted molar refractivity (Wildman–Crippen MR) is 121 cm³/mol. The first kappa shape index (κ1) is 22.0. The van der Waals surface area contributed by atoms with Gasteiger partial charge in [0.25, 0.3) is 0 Å². The molecule has 1 N–H and O–H groups in total. The van der Waals surface area contributed by atoms with Gasteiger partial charge in [0.05, 0.1) is 12.2 Å². The van der Waals surface area contributed by atoms with Gasteiger partial charge in [-0.2, -0.15) is 0 Å². The van der Waals surface area contributed by atoms with E-state index < -0.39 is 17.7 Å². The van der Waals surface area contributed by atoms with Gasteiger partial charge in [-0.3, -0.25) is 4.79 Å². The summed E-state index contributed by atoms with van der Waals surface area (Å²) in [5.74, 6) is -1.30. The number of carbonyl (C=O) groups excluding carboxylic acids is 2. The minimum Gasteiger partial charge on any atom is -0.462 e. The van der Waals surface area contributed by atoms with Gasteiger partial charge in [0.2, 0.25) is 0 Å². The van der Waals surface area contributed by atoms with Crippen molar-refractivity contribution in [3.63, 3.8) is 0 Å². The summed E-state index contributed by atoms with van der Waals surface area (Å²) < 4.78 is 19.7. The zero-order valence-electron chi connectivity index (χ0n) is 18.7. The summed E-state index contributed by atoms with van der Waals surface area (Å²) in [7, 11) is 0. The van der Waals surface area contributed by atoms with E-state index in [2.05, 4.69) is 5.32 Å². The molecular weight excluding hydrogens is 405 g/mol. The second kappa shape index (κ2) is 9.11. The van der Waals surface area contributed by atoms with Crippen LogP contribution in [0.15, 0.2) is 77.1 Å². The number of Topliss-reactive ketones (excluding diaryl/α,β-unsaturated/α-hetero) is 1. The SMILES string of the molecule is CC1=C(C(=O)OCC(C)C)C(c2cccc(F)c2)C2=C(CC(c3ccccc3)CC2=O)N1. The van der Waals surface area contributed by atoms with Crippen molar-refractivity contribution < 1.29 is 18.7 Å². The quantitative estimate of drug-likeness (QED) is 0.643. The normalized spacial score (nSPS) is 20.8. The van der Waals surface area contributed by atoms with Gasteiger partial charge >= 0.3 is 5.97 Å². The van der Waals surface area contributed by atoms with Crippen LogP contribution in [0.25, 0.3) is 0 Å². The molecule has 0 saturated carbocycles. The number of benzene rings is 2. The van der Waals surface area contributed by atoms with E-state index in [1.807, 2.05) is 51.1 Å². The molecule has 2 unspecified atom stereocenters. The molecule has 0 radical (unpaired) electrons. The zero-order chi connectivity index (χ0) is 22.8. The molecule has 2 aromatic rings. The average molecular weight is 434 g/mol. The fourth-order valence-corrected chi connectivity index (χ4v) is 4.61. The van der Waals surface area contributed by atoms with Gasteiger partial charge in [0, 0.05) is 29.3 Å². The summed E-state index contributed by atoms with van der Waals surface area (Å²) in [5, 5.41) is 3.33. The molecule has 1 aliphatic heterocycles. The van der Waals surface area contributed by atoms with Crippen LogP contribution in [-0.2, 0) is 14.3 Å². The summed E-state index contributed by atoms with van der Waals surface area (Å²) in [6.45, 7) is 6.03. The van der Waals surface area contributed by atoms with Gasteiger partial charge in [-0.25, -0.2) is 9.18 Å². The Morgan fingerprint density at radius 1 is 1.09 bits per heavy atom.